The van der Waals surface area contributed by atoms with Crippen molar-refractivity contribution >= 4 is 45.5 Å². The van der Waals surface area contributed by atoms with Gasteiger partial charge in [-0.2, -0.15) is 15.6 Å². The average Bonchev–Trinajstić information content (AvgIpc) is 3.97. The minimum Gasteiger partial charge on any atom is -0.354 e. The number of rotatable bonds is 4. The monoisotopic (exact) mass is 760 g/mol. The fraction of sp³-hybridized carbons (Fsp3) is 0.525. The van der Waals surface area contributed by atoms with Gasteiger partial charge in [-0.15, -0.1) is 0 Å². The predicted molar refractivity (Wildman–Crippen MR) is 214 cm³/mol. The quantitative estimate of drug-likeness (QED) is 0.224. The maximum absolute atomic E-state index is 12.3. The van der Waals surface area contributed by atoms with Crippen LogP contribution in [0.15, 0.2) is 43.2 Å². The predicted octanol–water partition coefficient (Wildman–Crippen LogP) is 4.92. The van der Waals surface area contributed by atoms with Crippen LogP contribution in [0.1, 0.15) is 76.0 Å². The van der Waals surface area contributed by atoms with E-state index in [9.17, 15) is 9.59 Å². The Labute approximate surface area is 327 Å². The van der Waals surface area contributed by atoms with E-state index in [0.717, 1.165) is 103 Å². The summed E-state index contributed by atoms with van der Waals surface area (Å²) in [6.45, 7) is 13.9. The van der Waals surface area contributed by atoms with Crippen molar-refractivity contribution in [2.24, 2.45) is 11.8 Å². The maximum atomic E-state index is 12.3. The molecule has 16 heteroatoms. The van der Waals surface area contributed by atoms with Crippen LogP contribution >= 0.6 is 0 Å². The lowest BCUT2D eigenvalue weighted by atomic mass is 9.69. The van der Waals surface area contributed by atoms with Crippen molar-refractivity contribution in [2.75, 3.05) is 49.1 Å². The number of aromatic amines is 2. The van der Waals surface area contributed by atoms with E-state index in [2.05, 4.69) is 70.0 Å². The largest absolute Gasteiger partial charge is 0.354 e. The molecule has 4 unspecified atom stereocenters. The number of carbonyl (C=O) groups is 2. The molecule has 0 radical (unpaired) electrons. The number of amides is 1. The summed E-state index contributed by atoms with van der Waals surface area (Å²) in [5.41, 5.74) is 3.47. The molecule has 4 aliphatic rings. The first-order valence-electron chi connectivity index (χ1n) is 19.0. The first kappa shape index (κ1) is 39.8. The number of likely N-dealkylation sites (tertiary alicyclic amines) is 1. The minimum atomic E-state index is -0.275. The molecule has 9 heterocycles. The molecule has 4 aliphatic heterocycles. The second-order valence-electron chi connectivity index (χ2n) is 15.3. The third-order valence-electron chi connectivity index (χ3n) is 11.9. The molecule has 0 aliphatic carbocycles. The highest BCUT2D eigenvalue weighted by Crippen LogP contribution is 2.44. The molecule has 9 rings (SSSR count). The molecule has 5 aromatic rings. The average molecular weight is 761 g/mol. The van der Waals surface area contributed by atoms with Gasteiger partial charge < -0.3 is 30.0 Å². The van der Waals surface area contributed by atoms with Gasteiger partial charge in [-0.05, 0) is 69.6 Å². The van der Waals surface area contributed by atoms with Gasteiger partial charge in [-0.1, -0.05) is 21.3 Å². The zero-order valence-electron chi connectivity index (χ0n) is 31.9. The van der Waals surface area contributed by atoms with Gasteiger partial charge in [0.05, 0.1) is 34.1 Å². The number of nitriles is 2. The molecular formula is C40H52N14O2. The molecule has 4 fully saturated rings. The van der Waals surface area contributed by atoms with E-state index in [1.807, 2.05) is 36.4 Å². The van der Waals surface area contributed by atoms with Crippen LogP contribution < -0.4 is 15.1 Å². The van der Waals surface area contributed by atoms with Gasteiger partial charge in [-0.3, -0.25) is 9.59 Å². The number of hydrogen-bond donors (Lipinski definition) is 3. The number of nitrogens with one attached hydrogen (secondary N) is 3. The van der Waals surface area contributed by atoms with Crippen LogP contribution in [0.4, 0.5) is 11.6 Å². The number of aryl methyl sites for hydroxylation is 2. The second-order valence-corrected chi connectivity index (χ2v) is 15.3. The zero-order chi connectivity index (χ0) is 38.7. The van der Waals surface area contributed by atoms with Crippen molar-refractivity contribution in [1.29, 1.82) is 10.5 Å². The number of carbonyl (C=O) groups excluding carboxylic acids is 2. The van der Waals surface area contributed by atoms with E-state index in [1.165, 1.54) is 17.5 Å². The Morgan fingerprint density at radius 3 is 1.95 bits per heavy atom. The Bertz CT molecular complexity index is 2260. The SMILES string of the molecule is C.CC1CN(C(=O)CC#N)C12CCCN(c1ncnc3[nH]ccc13)C2.CC1CNC12CCCN(c1ncnc3[nH]ccc13)C2.Cc1cc(C)n(C(=O)CC#N)n1. The van der Waals surface area contributed by atoms with Crippen molar-refractivity contribution < 1.29 is 9.59 Å². The zero-order valence-corrected chi connectivity index (χ0v) is 31.9. The molecule has 3 N–H and O–H groups in total. The molecular weight excluding hydrogens is 709 g/mol. The van der Waals surface area contributed by atoms with Crippen LogP contribution in [0.25, 0.3) is 22.1 Å². The molecule has 5 aromatic heterocycles. The highest BCUT2D eigenvalue weighted by atomic mass is 16.2. The minimum absolute atomic E-state index is 0. The molecule has 0 aromatic carbocycles. The fourth-order valence-corrected chi connectivity index (χ4v) is 8.81. The number of anilines is 2. The number of hydrogen-bond acceptors (Lipinski definition) is 12. The molecule has 294 valence electrons. The van der Waals surface area contributed by atoms with E-state index >= 15 is 0 Å². The van der Waals surface area contributed by atoms with Crippen LogP contribution in [-0.4, -0.2) is 107 Å². The van der Waals surface area contributed by atoms with E-state index < -0.39 is 0 Å². The number of piperidine rings is 2. The molecule has 56 heavy (non-hydrogen) atoms. The van der Waals surface area contributed by atoms with E-state index in [4.69, 9.17) is 10.5 Å². The van der Waals surface area contributed by atoms with Gasteiger partial charge in [0.1, 0.15) is 48.4 Å². The molecule has 0 saturated carbocycles. The highest BCUT2D eigenvalue weighted by Gasteiger charge is 2.55. The summed E-state index contributed by atoms with van der Waals surface area (Å²) in [6.07, 6.45) is 11.4. The van der Waals surface area contributed by atoms with E-state index in [1.54, 1.807) is 31.7 Å². The molecule has 16 nitrogen and oxygen atoms in total. The van der Waals surface area contributed by atoms with Gasteiger partial charge in [-0.25, -0.2) is 24.6 Å². The maximum Gasteiger partial charge on any atom is 0.261 e. The standard InChI is InChI=1S/C17H20N6O.C14H19N5.C8H9N3O.CH4/c1-12-9-23(14(24)3-6-18)17(12)5-2-8-22(10-17)16-13-4-7-19-15(13)20-11-21-16;1-10-7-18-14(10)4-2-6-19(8-14)13-11-3-5-15-12(11)16-9-17-13;1-6-5-7(2)11(10-6)8(12)3-4-9;/h4,7,11-12H,2-3,5,8-10H2,1H3,(H,19,20,21);3,5,9-10,18H,2,4,6-8H2,1H3,(H,15,16,17);5H,3H2,1-2H3;1H4. The summed E-state index contributed by atoms with van der Waals surface area (Å²) in [4.78, 5) is 53.9. The summed E-state index contributed by atoms with van der Waals surface area (Å²) in [5.74, 6) is 2.87. The van der Waals surface area contributed by atoms with Crippen LogP contribution in [0.2, 0.25) is 0 Å². The Morgan fingerprint density at radius 1 is 0.839 bits per heavy atom. The molecule has 0 bridgehead atoms. The smallest absolute Gasteiger partial charge is 0.261 e. The number of fused-ring (bicyclic) bond motifs is 2. The Morgan fingerprint density at radius 2 is 1.43 bits per heavy atom. The van der Waals surface area contributed by atoms with Crippen LogP contribution in [-0.2, 0) is 4.79 Å². The first-order valence-corrected chi connectivity index (χ1v) is 19.0. The summed E-state index contributed by atoms with van der Waals surface area (Å²) in [6, 6.07) is 9.65. The van der Waals surface area contributed by atoms with Crippen molar-refractivity contribution in [3.63, 3.8) is 0 Å². The van der Waals surface area contributed by atoms with Gasteiger partial charge in [0.25, 0.3) is 5.91 Å². The van der Waals surface area contributed by atoms with Crippen LogP contribution in [0.5, 0.6) is 0 Å². The topological polar surface area (TPSA) is 204 Å². The van der Waals surface area contributed by atoms with E-state index in [0.29, 0.717) is 11.5 Å². The summed E-state index contributed by atoms with van der Waals surface area (Å²) in [5, 5.41) is 26.9. The van der Waals surface area contributed by atoms with Gasteiger partial charge in [0.15, 0.2) is 0 Å². The second kappa shape index (κ2) is 16.5. The number of H-pyrrole nitrogens is 2. The normalized spacial score (nSPS) is 23.8. The van der Waals surface area contributed by atoms with Crippen molar-refractivity contribution in [2.45, 2.75) is 84.7 Å². The summed E-state index contributed by atoms with van der Waals surface area (Å²) >= 11 is 0. The molecule has 1 amide bonds. The number of nitrogens with zero attached hydrogens (tertiary/aromatic N) is 11. The lowest BCUT2D eigenvalue weighted by Gasteiger charge is -2.61. The van der Waals surface area contributed by atoms with Crippen molar-refractivity contribution in [3.05, 3.63) is 54.6 Å². The van der Waals surface area contributed by atoms with Crippen molar-refractivity contribution in [1.82, 2.24) is 49.9 Å². The molecule has 4 saturated heterocycles. The van der Waals surface area contributed by atoms with Gasteiger partial charge >= 0.3 is 0 Å². The van der Waals surface area contributed by atoms with E-state index in [-0.39, 0.29) is 37.6 Å². The lowest BCUT2D eigenvalue weighted by molar-refractivity contribution is -0.156. The van der Waals surface area contributed by atoms with Crippen LogP contribution in [0, 0.1) is 48.3 Å². The highest BCUT2D eigenvalue weighted by molar-refractivity contribution is 5.88. The van der Waals surface area contributed by atoms with Crippen LogP contribution in [0.3, 0.4) is 0 Å². The Kier molecular flexibility index (Phi) is 11.7. The first-order chi connectivity index (χ1) is 26.6. The summed E-state index contributed by atoms with van der Waals surface area (Å²) in [7, 11) is 0. The number of aromatic nitrogens is 8. The van der Waals surface area contributed by atoms with Gasteiger partial charge in [0, 0.05) is 62.9 Å². The molecule has 2 spiro atoms. The van der Waals surface area contributed by atoms with Crippen molar-refractivity contribution in [3.8, 4) is 12.1 Å². The fourth-order valence-electron chi connectivity index (χ4n) is 8.81. The Balaban J connectivity index is 0.000000149. The molecule has 4 atom stereocenters. The third-order valence-corrected chi connectivity index (χ3v) is 11.9. The van der Waals surface area contributed by atoms with Gasteiger partial charge in [0.2, 0.25) is 5.91 Å². The summed E-state index contributed by atoms with van der Waals surface area (Å²) < 4.78 is 1.26. The Hall–Kier alpha value is -5.87. The third kappa shape index (κ3) is 7.41. The lowest BCUT2D eigenvalue weighted by Crippen LogP contribution is -2.73.